The van der Waals surface area contributed by atoms with Crippen molar-refractivity contribution in [3.05, 3.63) is 87.0 Å². The minimum absolute atomic E-state index is 0.0389. The Morgan fingerprint density at radius 1 is 1.19 bits per heavy atom. The van der Waals surface area contributed by atoms with Gasteiger partial charge in [-0.25, -0.2) is 4.39 Å². The maximum atomic E-state index is 13.5. The molecule has 1 aromatic heterocycles. The Labute approximate surface area is 189 Å². The van der Waals surface area contributed by atoms with Gasteiger partial charge in [-0.2, -0.15) is 0 Å². The number of amides is 2. The van der Waals surface area contributed by atoms with E-state index in [0.717, 1.165) is 24.0 Å². The first-order valence-corrected chi connectivity index (χ1v) is 11.3. The number of rotatable bonds is 5. The highest BCUT2D eigenvalue weighted by atomic mass is 35.5. The van der Waals surface area contributed by atoms with E-state index >= 15 is 0 Å². The predicted octanol–water partition coefficient (Wildman–Crippen LogP) is 5.95. The van der Waals surface area contributed by atoms with Gasteiger partial charge in [-0.05, 0) is 67.6 Å². The van der Waals surface area contributed by atoms with Crippen molar-refractivity contribution in [1.29, 1.82) is 0 Å². The molecule has 1 unspecified atom stereocenters. The normalized spacial score (nSPS) is 15.8. The van der Waals surface area contributed by atoms with Crippen LogP contribution in [0.25, 0.3) is 0 Å². The molecule has 2 aromatic carbocycles. The first kappa shape index (κ1) is 21.5. The molecule has 0 bridgehead atoms. The van der Waals surface area contributed by atoms with Gasteiger partial charge in [0.05, 0.1) is 20.5 Å². The molecule has 1 fully saturated rings. The Hall–Kier alpha value is -2.70. The molecule has 7 heteroatoms. The van der Waals surface area contributed by atoms with Crippen LogP contribution in [0.3, 0.4) is 0 Å². The number of nitrogens with zero attached hydrogens (tertiary/aromatic N) is 1. The van der Waals surface area contributed by atoms with Crippen molar-refractivity contribution in [2.45, 2.75) is 32.2 Å². The molecule has 2 heterocycles. The maximum Gasteiger partial charge on any atom is 0.264 e. The molecule has 1 aliphatic rings. The van der Waals surface area contributed by atoms with Gasteiger partial charge >= 0.3 is 0 Å². The summed E-state index contributed by atoms with van der Waals surface area (Å²) >= 11 is 7.38. The first-order chi connectivity index (χ1) is 14.9. The number of aryl methyl sites for hydroxylation is 1. The molecule has 2 amide bonds. The van der Waals surface area contributed by atoms with Gasteiger partial charge in [-0.15, -0.1) is 11.3 Å². The summed E-state index contributed by atoms with van der Waals surface area (Å²) in [6.07, 6.45) is 2.44. The van der Waals surface area contributed by atoms with Crippen molar-refractivity contribution < 1.29 is 14.0 Å². The molecule has 31 heavy (non-hydrogen) atoms. The number of hydrogen-bond donors (Lipinski definition) is 1. The lowest BCUT2D eigenvalue weighted by atomic mass is 10.0. The summed E-state index contributed by atoms with van der Waals surface area (Å²) in [6, 6.07) is 15.2. The molecule has 1 saturated heterocycles. The number of carbonyl (C=O) groups excluding carboxylic acids is 2. The van der Waals surface area contributed by atoms with Crippen LogP contribution in [0.2, 0.25) is 5.02 Å². The van der Waals surface area contributed by atoms with E-state index in [0.29, 0.717) is 33.4 Å². The number of benzene rings is 2. The van der Waals surface area contributed by atoms with Gasteiger partial charge in [0, 0.05) is 12.6 Å². The second kappa shape index (κ2) is 9.20. The summed E-state index contributed by atoms with van der Waals surface area (Å²) in [6.45, 7) is 2.55. The van der Waals surface area contributed by atoms with Gasteiger partial charge in [0.25, 0.3) is 11.8 Å². The third-order valence-electron chi connectivity index (χ3n) is 5.47. The monoisotopic (exact) mass is 456 g/mol. The largest absolute Gasteiger partial charge is 0.335 e. The number of thiophene rings is 1. The topological polar surface area (TPSA) is 49.4 Å². The van der Waals surface area contributed by atoms with Crippen LogP contribution >= 0.6 is 22.9 Å². The zero-order valence-corrected chi connectivity index (χ0v) is 18.6. The predicted molar refractivity (Wildman–Crippen MR) is 123 cm³/mol. The Balaban J connectivity index is 1.49. The second-order valence-corrected chi connectivity index (χ2v) is 9.14. The van der Waals surface area contributed by atoms with Crippen molar-refractivity contribution in [2.75, 3.05) is 11.9 Å². The average molecular weight is 457 g/mol. The number of nitrogens with one attached hydrogen (secondary N) is 1. The van der Waals surface area contributed by atoms with Gasteiger partial charge < -0.3 is 10.2 Å². The van der Waals surface area contributed by atoms with Crippen LogP contribution in [-0.4, -0.2) is 29.3 Å². The molecule has 160 valence electrons. The zero-order valence-electron chi connectivity index (χ0n) is 17.0. The summed E-state index contributed by atoms with van der Waals surface area (Å²) in [5.74, 6) is -0.614. The third kappa shape index (κ3) is 4.81. The van der Waals surface area contributed by atoms with Gasteiger partial charge in [0.15, 0.2) is 0 Å². The van der Waals surface area contributed by atoms with Gasteiger partial charge in [0.1, 0.15) is 5.82 Å². The third-order valence-corrected chi connectivity index (χ3v) is 6.94. The zero-order chi connectivity index (χ0) is 22.0. The minimum Gasteiger partial charge on any atom is -0.335 e. The smallest absolute Gasteiger partial charge is 0.264 e. The summed E-state index contributed by atoms with van der Waals surface area (Å²) in [4.78, 5) is 28.3. The molecule has 0 radical (unpaired) electrons. The Kier molecular flexibility index (Phi) is 6.39. The lowest BCUT2D eigenvalue weighted by molar-refractivity contribution is 0.0740. The maximum absolute atomic E-state index is 13.5. The van der Waals surface area contributed by atoms with E-state index in [4.69, 9.17) is 11.6 Å². The Morgan fingerprint density at radius 3 is 2.77 bits per heavy atom. The molecule has 1 atom stereocenters. The molecule has 4 nitrogen and oxygen atoms in total. The first-order valence-electron chi connectivity index (χ1n) is 10.1. The van der Waals surface area contributed by atoms with E-state index in [1.54, 1.807) is 30.3 Å². The van der Waals surface area contributed by atoms with E-state index in [-0.39, 0.29) is 23.7 Å². The van der Waals surface area contributed by atoms with Crippen molar-refractivity contribution in [3.8, 4) is 0 Å². The van der Waals surface area contributed by atoms with Crippen LogP contribution in [0.4, 0.5) is 9.39 Å². The lowest BCUT2D eigenvalue weighted by Crippen LogP contribution is -2.36. The average Bonchev–Trinajstić information content (AvgIpc) is 3.34. The van der Waals surface area contributed by atoms with Crippen LogP contribution in [-0.2, 0) is 6.42 Å². The molecule has 0 saturated carbocycles. The second-order valence-electron chi connectivity index (χ2n) is 7.69. The van der Waals surface area contributed by atoms with Crippen LogP contribution in [0.15, 0.2) is 54.6 Å². The molecule has 1 aliphatic heterocycles. The summed E-state index contributed by atoms with van der Waals surface area (Å²) in [5, 5.41) is 3.83. The summed E-state index contributed by atoms with van der Waals surface area (Å²) < 4.78 is 13.5. The van der Waals surface area contributed by atoms with Crippen LogP contribution in [0.1, 0.15) is 44.0 Å². The highest BCUT2D eigenvalue weighted by molar-refractivity contribution is 7.18. The fourth-order valence-corrected chi connectivity index (χ4v) is 5.21. The number of likely N-dealkylation sites (tertiary alicyclic amines) is 1. The van der Waals surface area contributed by atoms with E-state index in [1.807, 2.05) is 24.0 Å². The highest BCUT2D eigenvalue weighted by Crippen LogP contribution is 2.32. The molecule has 0 spiro atoms. The molecule has 0 aliphatic carbocycles. The molecular weight excluding hydrogens is 435 g/mol. The number of anilines is 1. The fraction of sp³-hybridized carbons (Fsp3) is 0.250. The Bertz CT molecular complexity index is 1130. The Morgan fingerprint density at radius 2 is 2.00 bits per heavy atom. The number of carbonyl (C=O) groups is 2. The summed E-state index contributed by atoms with van der Waals surface area (Å²) in [5.41, 5.74) is 2.10. The summed E-state index contributed by atoms with van der Waals surface area (Å²) in [7, 11) is 0. The van der Waals surface area contributed by atoms with Crippen LogP contribution in [0, 0.1) is 12.7 Å². The molecule has 1 N–H and O–H groups in total. The van der Waals surface area contributed by atoms with Gasteiger partial charge in [0.2, 0.25) is 0 Å². The lowest BCUT2D eigenvalue weighted by Gasteiger charge is -2.24. The van der Waals surface area contributed by atoms with Crippen molar-refractivity contribution in [2.24, 2.45) is 0 Å². The van der Waals surface area contributed by atoms with E-state index in [1.165, 1.54) is 23.5 Å². The molecular formula is C24H22ClFN2O2S. The van der Waals surface area contributed by atoms with Crippen molar-refractivity contribution in [1.82, 2.24) is 4.90 Å². The standard InChI is InChI=1S/C24H22ClFN2O2S/c1-15-12-21(27-23(29)19-9-2-3-10-20(19)25)31-22(15)24(30)28-11-5-8-18(28)14-16-6-4-7-17(26)13-16/h2-4,6-7,9-10,12-13,18H,5,8,11,14H2,1H3,(H,27,29). The van der Waals surface area contributed by atoms with E-state index in [2.05, 4.69) is 5.32 Å². The molecule has 4 rings (SSSR count). The van der Waals surface area contributed by atoms with Crippen LogP contribution in [0.5, 0.6) is 0 Å². The quantitative estimate of drug-likeness (QED) is 0.515. The SMILES string of the molecule is Cc1cc(NC(=O)c2ccccc2Cl)sc1C(=O)N1CCCC1Cc1cccc(F)c1. The van der Waals surface area contributed by atoms with E-state index < -0.39 is 0 Å². The highest BCUT2D eigenvalue weighted by Gasteiger charge is 2.31. The van der Waals surface area contributed by atoms with Crippen LogP contribution < -0.4 is 5.32 Å². The number of halogens is 2. The van der Waals surface area contributed by atoms with Crippen molar-refractivity contribution in [3.63, 3.8) is 0 Å². The van der Waals surface area contributed by atoms with Gasteiger partial charge in [-0.3, -0.25) is 9.59 Å². The molecule has 3 aromatic rings. The number of hydrogen-bond acceptors (Lipinski definition) is 3. The van der Waals surface area contributed by atoms with Crippen molar-refractivity contribution >= 4 is 39.8 Å². The van der Waals surface area contributed by atoms with E-state index in [9.17, 15) is 14.0 Å². The van der Waals surface area contributed by atoms with Gasteiger partial charge in [-0.1, -0.05) is 35.9 Å². The minimum atomic E-state index is -0.309. The fourth-order valence-electron chi connectivity index (χ4n) is 3.96.